The third-order valence-electron chi connectivity index (χ3n) is 1.85. The van der Waals surface area contributed by atoms with Crippen LogP contribution in [0.3, 0.4) is 0 Å². The molecule has 1 heterocycles. The number of methoxy groups -OCH3 is 1. The standard InChI is InChI=1S/C10H15N3O2/c1-15-7-3-5-9(14)13-10-8(11)4-2-6-12-10/h2,4,6H,3,5,7,11H2,1H3,(H,12,13,14). The minimum atomic E-state index is -0.0996. The zero-order valence-electron chi connectivity index (χ0n) is 8.69. The fraction of sp³-hybridized carbons (Fsp3) is 0.400. The first-order valence-corrected chi connectivity index (χ1v) is 4.73. The molecule has 1 rings (SSSR count). The van der Waals surface area contributed by atoms with E-state index < -0.39 is 0 Å². The highest BCUT2D eigenvalue weighted by Crippen LogP contribution is 2.13. The fourth-order valence-corrected chi connectivity index (χ4v) is 1.09. The molecule has 0 aliphatic heterocycles. The van der Waals surface area contributed by atoms with E-state index in [4.69, 9.17) is 10.5 Å². The highest BCUT2D eigenvalue weighted by atomic mass is 16.5. The van der Waals surface area contributed by atoms with Gasteiger partial charge >= 0.3 is 0 Å². The number of amides is 1. The molecule has 1 amide bonds. The molecule has 1 aromatic rings. The number of pyridine rings is 1. The average molecular weight is 209 g/mol. The van der Waals surface area contributed by atoms with Gasteiger partial charge in [0.05, 0.1) is 5.69 Å². The Hall–Kier alpha value is -1.62. The van der Waals surface area contributed by atoms with E-state index in [0.717, 1.165) is 0 Å². The summed E-state index contributed by atoms with van der Waals surface area (Å²) in [6, 6.07) is 3.41. The van der Waals surface area contributed by atoms with Crippen molar-refractivity contribution in [3.8, 4) is 0 Å². The first-order valence-electron chi connectivity index (χ1n) is 4.73. The number of nitrogens with one attached hydrogen (secondary N) is 1. The summed E-state index contributed by atoms with van der Waals surface area (Å²) in [4.78, 5) is 15.3. The summed E-state index contributed by atoms with van der Waals surface area (Å²) >= 11 is 0. The molecule has 0 bridgehead atoms. The number of nitrogen functional groups attached to an aromatic ring is 1. The second kappa shape index (κ2) is 5.98. The van der Waals surface area contributed by atoms with Crippen LogP contribution in [0, 0.1) is 0 Å². The number of nitrogens with two attached hydrogens (primary N) is 1. The summed E-state index contributed by atoms with van der Waals surface area (Å²) in [5, 5.41) is 2.64. The maximum atomic E-state index is 11.4. The Morgan fingerprint density at radius 3 is 3.13 bits per heavy atom. The summed E-state index contributed by atoms with van der Waals surface area (Å²) in [6.45, 7) is 0.575. The Bertz CT molecular complexity index is 328. The topological polar surface area (TPSA) is 77.2 Å². The van der Waals surface area contributed by atoms with E-state index in [1.165, 1.54) is 0 Å². The summed E-state index contributed by atoms with van der Waals surface area (Å²) in [5.74, 6) is 0.317. The number of carbonyl (C=O) groups is 1. The van der Waals surface area contributed by atoms with Gasteiger partial charge < -0.3 is 15.8 Å². The number of ether oxygens (including phenoxy) is 1. The van der Waals surface area contributed by atoms with E-state index >= 15 is 0 Å². The quantitative estimate of drug-likeness (QED) is 0.710. The van der Waals surface area contributed by atoms with Crippen LogP contribution in [0.5, 0.6) is 0 Å². The number of nitrogens with zero attached hydrogens (tertiary/aromatic N) is 1. The second-order valence-corrected chi connectivity index (χ2v) is 3.09. The molecule has 3 N–H and O–H groups in total. The van der Waals surface area contributed by atoms with Gasteiger partial charge in [-0.25, -0.2) is 4.98 Å². The molecule has 0 saturated carbocycles. The predicted octanol–water partition coefficient (Wildman–Crippen LogP) is 1.03. The Morgan fingerprint density at radius 2 is 2.47 bits per heavy atom. The van der Waals surface area contributed by atoms with Crippen molar-refractivity contribution >= 4 is 17.4 Å². The number of anilines is 2. The zero-order chi connectivity index (χ0) is 11.1. The normalized spacial score (nSPS) is 9.93. The molecule has 0 saturated heterocycles. The van der Waals surface area contributed by atoms with Gasteiger partial charge in [-0.05, 0) is 18.6 Å². The molecular weight excluding hydrogens is 194 g/mol. The highest BCUT2D eigenvalue weighted by molar-refractivity contribution is 5.92. The molecule has 82 valence electrons. The molecule has 5 heteroatoms. The Morgan fingerprint density at radius 1 is 1.67 bits per heavy atom. The van der Waals surface area contributed by atoms with Crippen LogP contribution in [0.4, 0.5) is 11.5 Å². The minimum Gasteiger partial charge on any atom is -0.396 e. The van der Waals surface area contributed by atoms with E-state index in [1.54, 1.807) is 25.4 Å². The number of hydrogen-bond donors (Lipinski definition) is 2. The van der Waals surface area contributed by atoms with E-state index in [0.29, 0.717) is 31.0 Å². The lowest BCUT2D eigenvalue weighted by Crippen LogP contribution is -2.14. The van der Waals surface area contributed by atoms with Crippen LogP contribution < -0.4 is 11.1 Å². The van der Waals surface area contributed by atoms with Crippen LogP contribution >= 0.6 is 0 Å². The predicted molar refractivity (Wildman–Crippen MR) is 58.4 cm³/mol. The number of carbonyl (C=O) groups excluding carboxylic acids is 1. The first kappa shape index (κ1) is 11.5. The first-order chi connectivity index (χ1) is 7.24. The van der Waals surface area contributed by atoms with Crippen LogP contribution in [-0.4, -0.2) is 24.6 Å². The fourth-order valence-electron chi connectivity index (χ4n) is 1.09. The molecule has 0 radical (unpaired) electrons. The monoisotopic (exact) mass is 209 g/mol. The SMILES string of the molecule is COCCCC(=O)Nc1ncccc1N. The van der Waals surface area contributed by atoms with Gasteiger partial charge in [0.25, 0.3) is 0 Å². The van der Waals surface area contributed by atoms with Gasteiger partial charge in [-0.15, -0.1) is 0 Å². The molecular formula is C10H15N3O2. The van der Waals surface area contributed by atoms with E-state index in [2.05, 4.69) is 10.3 Å². The maximum Gasteiger partial charge on any atom is 0.225 e. The van der Waals surface area contributed by atoms with Gasteiger partial charge in [-0.3, -0.25) is 4.79 Å². The molecule has 0 aliphatic rings. The van der Waals surface area contributed by atoms with Gasteiger partial charge in [0.2, 0.25) is 5.91 Å². The Balaban J connectivity index is 2.41. The Kier molecular flexibility index (Phi) is 4.56. The van der Waals surface area contributed by atoms with Gasteiger partial charge in [0.1, 0.15) is 0 Å². The summed E-state index contributed by atoms with van der Waals surface area (Å²) < 4.78 is 4.85. The largest absolute Gasteiger partial charge is 0.396 e. The molecule has 0 atom stereocenters. The van der Waals surface area contributed by atoms with E-state index in [1.807, 2.05) is 0 Å². The molecule has 0 aliphatic carbocycles. The number of aromatic nitrogens is 1. The van der Waals surface area contributed by atoms with Crippen molar-refractivity contribution in [1.82, 2.24) is 4.98 Å². The third-order valence-corrected chi connectivity index (χ3v) is 1.85. The van der Waals surface area contributed by atoms with Crippen molar-refractivity contribution in [2.24, 2.45) is 0 Å². The summed E-state index contributed by atoms with van der Waals surface area (Å²) in [7, 11) is 1.61. The van der Waals surface area contributed by atoms with Crippen LogP contribution in [0.2, 0.25) is 0 Å². The van der Waals surface area contributed by atoms with Crippen molar-refractivity contribution < 1.29 is 9.53 Å². The average Bonchev–Trinajstić information content (AvgIpc) is 2.22. The van der Waals surface area contributed by atoms with E-state index in [9.17, 15) is 4.79 Å². The Labute approximate surface area is 88.6 Å². The summed E-state index contributed by atoms with van der Waals surface area (Å²) in [5.41, 5.74) is 6.09. The molecule has 0 spiro atoms. The van der Waals surface area contributed by atoms with Crippen molar-refractivity contribution in [2.75, 3.05) is 24.8 Å². The number of rotatable bonds is 5. The van der Waals surface area contributed by atoms with Crippen LogP contribution in [-0.2, 0) is 9.53 Å². The second-order valence-electron chi connectivity index (χ2n) is 3.09. The molecule has 0 aromatic carbocycles. The van der Waals surface area contributed by atoms with Gasteiger partial charge in [0, 0.05) is 26.3 Å². The van der Waals surface area contributed by atoms with Crippen LogP contribution in [0.15, 0.2) is 18.3 Å². The van der Waals surface area contributed by atoms with Crippen LogP contribution in [0.1, 0.15) is 12.8 Å². The molecule has 5 nitrogen and oxygen atoms in total. The lowest BCUT2D eigenvalue weighted by Gasteiger charge is -2.05. The van der Waals surface area contributed by atoms with Crippen LogP contribution in [0.25, 0.3) is 0 Å². The molecule has 0 unspecified atom stereocenters. The molecule has 15 heavy (non-hydrogen) atoms. The zero-order valence-corrected chi connectivity index (χ0v) is 8.69. The lowest BCUT2D eigenvalue weighted by molar-refractivity contribution is -0.116. The van der Waals surface area contributed by atoms with Crippen molar-refractivity contribution in [2.45, 2.75) is 12.8 Å². The van der Waals surface area contributed by atoms with Gasteiger partial charge in [-0.1, -0.05) is 0 Å². The number of hydrogen-bond acceptors (Lipinski definition) is 4. The van der Waals surface area contributed by atoms with Crippen molar-refractivity contribution in [3.63, 3.8) is 0 Å². The van der Waals surface area contributed by atoms with Gasteiger partial charge in [0.15, 0.2) is 5.82 Å². The minimum absolute atomic E-state index is 0.0996. The lowest BCUT2D eigenvalue weighted by atomic mass is 10.3. The highest BCUT2D eigenvalue weighted by Gasteiger charge is 2.04. The van der Waals surface area contributed by atoms with Crippen molar-refractivity contribution in [3.05, 3.63) is 18.3 Å². The third kappa shape index (κ3) is 3.95. The molecule has 1 aromatic heterocycles. The smallest absolute Gasteiger partial charge is 0.225 e. The summed E-state index contributed by atoms with van der Waals surface area (Å²) in [6.07, 6.45) is 2.68. The maximum absolute atomic E-state index is 11.4. The van der Waals surface area contributed by atoms with Gasteiger partial charge in [-0.2, -0.15) is 0 Å². The van der Waals surface area contributed by atoms with Crippen molar-refractivity contribution in [1.29, 1.82) is 0 Å². The van der Waals surface area contributed by atoms with E-state index in [-0.39, 0.29) is 5.91 Å². The molecule has 0 fully saturated rings.